The summed E-state index contributed by atoms with van der Waals surface area (Å²) in [6.45, 7) is 1.34. The van der Waals surface area contributed by atoms with Crippen molar-refractivity contribution in [1.82, 2.24) is 9.59 Å². The lowest BCUT2D eigenvalue weighted by molar-refractivity contribution is -0.132. The van der Waals surface area contributed by atoms with Gasteiger partial charge in [0.15, 0.2) is 0 Å². The van der Waals surface area contributed by atoms with Crippen LogP contribution in [0.4, 0.5) is 0 Å². The highest BCUT2D eigenvalue weighted by Gasteiger charge is 2.08. The predicted molar refractivity (Wildman–Crippen MR) is 48.9 cm³/mol. The quantitative estimate of drug-likeness (QED) is 0.468. The van der Waals surface area contributed by atoms with Crippen LogP contribution in [0.25, 0.3) is 0 Å². The van der Waals surface area contributed by atoms with Crippen LogP contribution in [0, 0.1) is 0 Å². The zero-order valence-corrected chi connectivity index (χ0v) is 8.68. The van der Waals surface area contributed by atoms with Gasteiger partial charge in [0.2, 0.25) is 0 Å². The van der Waals surface area contributed by atoms with Crippen LogP contribution in [-0.2, 0) is 9.22 Å². The van der Waals surface area contributed by atoms with Crippen LogP contribution in [0.15, 0.2) is 0 Å². The van der Waals surface area contributed by atoms with Crippen LogP contribution >= 0.6 is 34.1 Å². The normalized spacial score (nSPS) is 9.64. The monoisotopic (exact) mass is 284 g/mol. The van der Waals surface area contributed by atoms with Gasteiger partial charge in [-0.25, -0.2) is 0 Å². The number of hydrogen-bond acceptors (Lipinski definition) is 5. The zero-order chi connectivity index (χ0) is 8.27. The van der Waals surface area contributed by atoms with E-state index in [2.05, 4.69) is 32.2 Å². The van der Waals surface area contributed by atoms with E-state index >= 15 is 0 Å². The summed E-state index contributed by atoms with van der Waals surface area (Å²) in [5, 5.41) is 3.65. The number of aromatic nitrogens is 2. The fraction of sp³-hybridized carbons (Fsp3) is 0.400. The molecule has 6 heteroatoms. The Hall–Kier alpha value is -0.240. The number of ether oxygens (including phenoxy) is 1. The molecule has 4 nitrogen and oxygen atoms in total. The standard InChI is InChI=1S/C5H5IN2O2S/c1-3(9)10-5-4(2-6)11-8-7-5/h2H2,1H3. The van der Waals surface area contributed by atoms with E-state index in [1.54, 1.807) is 0 Å². The van der Waals surface area contributed by atoms with Crippen LogP contribution in [0.1, 0.15) is 11.8 Å². The number of nitrogens with zero attached hydrogens (tertiary/aromatic N) is 2. The molecule has 0 amide bonds. The summed E-state index contributed by atoms with van der Waals surface area (Å²) in [5.41, 5.74) is 0. The first kappa shape index (κ1) is 8.85. The van der Waals surface area contributed by atoms with Crippen LogP contribution in [0.2, 0.25) is 0 Å². The Labute approximate surface area is 81.3 Å². The van der Waals surface area contributed by atoms with Crippen LogP contribution in [0.3, 0.4) is 0 Å². The lowest BCUT2D eigenvalue weighted by atomic mass is 10.6. The Bertz CT molecular complexity index is 263. The SMILES string of the molecule is CC(=O)Oc1nnsc1CI. The Morgan fingerprint density at radius 2 is 2.55 bits per heavy atom. The number of alkyl halides is 1. The van der Waals surface area contributed by atoms with Gasteiger partial charge >= 0.3 is 5.97 Å². The van der Waals surface area contributed by atoms with E-state index < -0.39 is 0 Å². The molecule has 1 aromatic rings. The number of carbonyl (C=O) groups excluding carboxylic acids is 1. The largest absolute Gasteiger partial charge is 0.405 e. The Morgan fingerprint density at radius 3 is 3.09 bits per heavy atom. The molecular weight excluding hydrogens is 279 g/mol. The lowest BCUT2D eigenvalue weighted by Gasteiger charge is -1.94. The Morgan fingerprint density at radius 1 is 1.82 bits per heavy atom. The van der Waals surface area contributed by atoms with Gasteiger partial charge in [0.1, 0.15) is 0 Å². The molecule has 0 aliphatic heterocycles. The van der Waals surface area contributed by atoms with Crippen molar-refractivity contribution < 1.29 is 9.53 Å². The molecule has 1 heterocycles. The molecule has 0 aliphatic carbocycles. The van der Waals surface area contributed by atoms with Crippen molar-refractivity contribution in [2.45, 2.75) is 11.4 Å². The molecule has 0 unspecified atom stereocenters. The molecule has 0 atom stereocenters. The third-order valence-electron chi connectivity index (χ3n) is 0.883. The molecule has 0 radical (unpaired) electrons. The summed E-state index contributed by atoms with van der Waals surface area (Å²) >= 11 is 3.41. The predicted octanol–water partition coefficient (Wildman–Crippen LogP) is 1.40. The van der Waals surface area contributed by atoms with Gasteiger partial charge in [0.05, 0.1) is 4.88 Å². The molecule has 0 fully saturated rings. The van der Waals surface area contributed by atoms with E-state index in [-0.39, 0.29) is 5.97 Å². The number of hydrogen-bond donors (Lipinski definition) is 0. The molecule has 1 aromatic heterocycles. The molecule has 11 heavy (non-hydrogen) atoms. The first-order chi connectivity index (χ1) is 5.24. The van der Waals surface area contributed by atoms with Crippen molar-refractivity contribution in [1.29, 1.82) is 0 Å². The van der Waals surface area contributed by atoms with Crippen molar-refractivity contribution >= 4 is 40.1 Å². The van der Waals surface area contributed by atoms with Gasteiger partial charge in [-0.15, -0.1) is 0 Å². The molecule has 60 valence electrons. The molecular formula is C5H5IN2O2S. The van der Waals surface area contributed by atoms with E-state index in [4.69, 9.17) is 4.74 Å². The van der Waals surface area contributed by atoms with Crippen LogP contribution < -0.4 is 4.74 Å². The van der Waals surface area contributed by atoms with Gasteiger partial charge in [-0.1, -0.05) is 32.2 Å². The first-order valence-corrected chi connectivity index (χ1v) is 5.09. The van der Waals surface area contributed by atoms with Crippen molar-refractivity contribution in [2.24, 2.45) is 0 Å². The fourth-order valence-electron chi connectivity index (χ4n) is 0.497. The Balaban J connectivity index is 2.76. The highest BCUT2D eigenvalue weighted by atomic mass is 127. The summed E-state index contributed by atoms with van der Waals surface area (Å²) in [4.78, 5) is 11.4. The minimum atomic E-state index is -0.358. The van der Waals surface area contributed by atoms with Crippen LogP contribution in [-0.4, -0.2) is 15.6 Å². The topological polar surface area (TPSA) is 52.1 Å². The minimum absolute atomic E-state index is 0.344. The second-order valence-corrected chi connectivity index (χ2v) is 3.33. The molecule has 0 saturated carbocycles. The van der Waals surface area contributed by atoms with E-state index in [9.17, 15) is 4.79 Å². The number of halogens is 1. The summed E-state index contributed by atoms with van der Waals surface area (Å²) in [6, 6.07) is 0. The highest BCUT2D eigenvalue weighted by Crippen LogP contribution is 2.21. The van der Waals surface area contributed by atoms with E-state index in [1.807, 2.05) is 0 Å². The van der Waals surface area contributed by atoms with Crippen molar-refractivity contribution in [3.8, 4) is 5.88 Å². The third kappa shape index (κ3) is 2.37. The van der Waals surface area contributed by atoms with Gasteiger partial charge in [-0.3, -0.25) is 4.79 Å². The molecule has 0 saturated heterocycles. The van der Waals surface area contributed by atoms with Gasteiger partial charge in [-0.2, -0.15) is 0 Å². The van der Waals surface area contributed by atoms with Crippen molar-refractivity contribution in [3.05, 3.63) is 4.88 Å². The molecule has 0 bridgehead atoms. The summed E-state index contributed by atoms with van der Waals surface area (Å²) in [7, 11) is 0. The van der Waals surface area contributed by atoms with Gasteiger partial charge < -0.3 is 4.74 Å². The maximum Gasteiger partial charge on any atom is 0.309 e. The van der Waals surface area contributed by atoms with Crippen LogP contribution in [0.5, 0.6) is 5.88 Å². The van der Waals surface area contributed by atoms with E-state index in [0.29, 0.717) is 5.88 Å². The van der Waals surface area contributed by atoms with Crippen molar-refractivity contribution in [3.63, 3.8) is 0 Å². The maximum atomic E-state index is 10.5. The van der Waals surface area contributed by atoms with Crippen molar-refractivity contribution in [2.75, 3.05) is 0 Å². The highest BCUT2D eigenvalue weighted by molar-refractivity contribution is 14.1. The second kappa shape index (κ2) is 3.96. The zero-order valence-electron chi connectivity index (χ0n) is 5.70. The second-order valence-electron chi connectivity index (χ2n) is 1.73. The average Bonchev–Trinajstić information content (AvgIpc) is 2.34. The molecule has 0 N–H and O–H groups in total. The minimum Gasteiger partial charge on any atom is -0.405 e. The summed E-state index contributed by atoms with van der Waals surface area (Å²) in [5.74, 6) is -0.0132. The summed E-state index contributed by atoms with van der Waals surface area (Å²) in [6.07, 6.45) is 0. The number of esters is 1. The van der Waals surface area contributed by atoms with Gasteiger partial charge in [-0.05, 0) is 11.5 Å². The van der Waals surface area contributed by atoms with E-state index in [1.165, 1.54) is 18.5 Å². The molecule has 0 aliphatic rings. The smallest absolute Gasteiger partial charge is 0.309 e. The first-order valence-electron chi connectivity index (χ1n) is 2.79. The number of carbonyl (C=O) groups is 1. The Kier molecular flexibility index (Phi) is 3.18. The molecule has 0 spiro atoms. The number of rotatable bonds is 2. The van der Waals surface area contributed by atoms with Gasteiger partial charge in [0, 0.05) is 11.4 Å². The average molecular weight is 284 g/mol. The third-order valence-corrected chi connectivity index (χ3v) is 2.87. The fourth-order valence-corrected chi connectivity index (χ4v) is 1.66. The maximum absolute atomic E-state index is 10.5. The lowest BCUT2D eigenvalue weighted by Crippen LogP contribution is -2.02. The van der Waals surface area contributed by atoms with Gasteiger partial charge in [0.25, 0.3) is 5.88 Å². The van der Waals surface area contributed by atoms with E-state index in [0.717, 1.165) is 9.30 Å². The molecule has 1 rings (SSSR count). The molecule has 0 aromatic carbocycles. The summed E-state index contributed by atoms with van der Waals surface area (Å²) < 4.78 is 9.19.